The van der Waals surface area contributed by atoms with E-state index in [2.05, 4.69) is 32.6 Å². The minimum absolute atomic E-state index is 0.239. The van der Waals surface area contributed by atoms with Crippen molar-refractivity contribution >= 4 is 11.8 Å². The normalized spacial score (nSPS) is 10.5. The summed E-state index contributed by atoms with van der Waals surface area (Å²) in [5, 5.41) is 11.3. The van der Waals surface area contributed by atoms with Gasteiger partial charge in [-0.25, -0.2) is 4.39 Å². The maximum absolute atomic E-state index is 13.7. The second kappa shape index (κ2) is 8.19. The number of nitrogens with zero attached hydrogens (tertiary/aromatic N) is 4. The van der Waals surface area contributed by atoms with Crippen LogP contribution in [0.2, 0.25) is 0 Å². The lowest BCUT2D eigenvalue weighted by atomic mass is 10.2. The van der Waals surface area contributed by atoms with E-state index in [0.717, 1.165) is 6.54 Å². The van der Waals surface area contributed by atoms with Gasteiger partial charge in [-0.3, -0.25) is 0 Å². The van der Waals surface area contributed by atoms with Gasteiger partial charge in [0.2, 0.25) is 5.95 Å². The van der Waals surface area contributed by atoms with Gasteiger partial charge in [0.25, 0.3) is 0 Å². The van der Waals surface area contributed by atoms with Gasteiger partial charge in [0.05, 0.1) is 6.20 Å². The van der Waals surface area contributed by atoms with E-state index in [-0.39, 0.29) is 5.82 Å². The number of aromatic nitrogens is 3. The summed E-state index contributed by atoms with van der Waals surface area (Å²) in [6.45, 7) is 3.85. The highest BCUT2D eigenvalue weighted by Crippen LogP contribution is 2.14. The number of rotatable bonds is 7. The smallest absolute Gasteiger partial charge is 0.247 e. The minimum atomic E-state index is -0.239. The summed E-state index contributed by atoms with van der Waals surface area (Å²) in [5.41, 5.74) is 1.76. The maximum Gasteiger partial charge on any atom is 0.247 e. The third-order valence-corrected chi connectivity index (χ3v) is 3.85. The zero-order valence-corrected chi connectivity index (χ0v) is 14.1. The van der Waals surface area contributed by atoms with Gasteiger partial charge in [0.15, 0.2) is 5.82 Å². The van der Waals surface area contributed by atoms with Crippen LogP contribution in [0.5, 0.6) is 0 Å². The third kappa shape index (κ3) is 4.50. The van der Waals surface area contributed by atoms with Gasteiger partial charge in [-0.2, -0.15) is 10.1 Å². The molecular weight excluding hydrogens is 317 g/mol. The van der Waals surface area contributed by atoms with Crippen LogP contribution in [0.15, 0.2) is 60.8 Å². The van der Waals surface area contributed by atoms with Crippen LogP contribution in [0.4, 0.5) is 16.2 Å². The Bertz CT molecular complexity index is 810. The number of anilines is 2. The van der Waals surface area contributed by atoms with Gasteiger partial charge >= 0.3 is 0 Å². The molecule has 25 heavy (non-hydrogen) atoms. The predicted molar refractivity (Wildman–Crippen MR) is 96.7 cm³/mol. The molecule has 0 saturated heterocycles. The second-order valence-corrected chi connectivity index (χ2v) is 5.59. The Hall–Kier alpha value is -3.02. The van der Waals surface area contributed by atoms with Gasteiger partial charge in [-0.05, 0) is 18.6 Å². The quantitative estimate of drug-likeness (QED) is 0.713. The molecule has 0 amide bonds. The highest BCUT2D eigenvalue weighted by Gasteiger charge is 2.10. The molecule has 1 heterocycles. The number of benzene rings is 2. The Balaban J connectivity index is 1.70. The van der Waals surface area contributed by atoms with E-state index in [1.54, 1.807) is 18.3 Å². The molecule has 0 fully saturated rings. The lowest BCUT2D eigenvalue weighted by molar-refractivity contribution is 0.613. The van der Waals surface area contributed by atoms with Gasteiger partial charge in [-0.1, -0.05) is 48.5 Å². The van der Waals surface area contributed by atoms with Crippen LogP contribution < -0.4 is 10.2 Å². The van der Waals surface area contributed by atoms with Crippen molar-refractivity contribution in [1.82, 2.24) is 15.2 Å². The van der Waals surface area contributed by atoms with E-state index < -0.39 is 0 Å². The summed E-state index contributed by atoms with van der Waals surface area (Å²) < 4.78 is 13.7. The van der Waals surface area contributed by atoms with Crippen molar-refractivity contribution in [3.05, 3.63) is 77.7 Å². The Morgan fingerprint density at radius 3 is 2.56 bits per heavy atom. The van der Waals surface area contributed by atoms with Gasteiger partial charge in [-0.15, -0.1) is 5.10 Å². The predicted octanol–water partition coefficient (Wildman–Crippen LogP) is 3.65. The van der Waals surface area contributed by atoms with Crippen molar-refractivity contribution in [2.45, 2.75) is 20.0 Å². The first kappa shape index (κ1) is 16.8. The molecule has 0 aliphatic heterocycles. The molecule has 0 unspecified atom stereocenters. The SMILES string of the molecule is CCN(Cc1ccccc1)c1nncc(NCc2ccccc2F)n1. The van der Waals surface area contributed by atoms with Crippen LogP contribution in [0, 0.1) is 5.82 Å². The summed E-state index contributed by atoms with van der Waals surface area (Å²) in [7, 11) is 0. The van der Waals surface area contributed by atoms with Gasteiger partial charge < -0.3 is 10.2 Å². The monoisotopic (exact) mass is 337 g/mol. The molecule has 0 aliphatic carbocycles. The zero-order valence-electron chi connectivity index (χ0n) is 14.1. The molecule has 0 spiro atoms. The molecule has 3 rings (SSSR count). The molecule has 2 aromatic carbocycles. The fourth-order valence-electron chi connectivity index (χ4n) is 2.47. The highest BCUT2D eigenvalue weighted by atomic mass is 19.1. The first-order valence-corrected chi connectivity index (χ1v) is 8.22. The summed E-state index contributed by atoms with van der Waals surface area (Å²) in [6.07, 6.45) is 1.54. The average Bonchev–Trinajstić information content (AvgIpc) is 2.66. The van der Waals surface area contributed by atoms with Gasteiger partial charge in [0.1, 0.15) is 5.82 Å². The van der Waals surface area contributed by atoms with Gasteiger partial charge in [0, 0.05) is 25.2 Å². The fourth-order valence-corrected chi connectivity index (χ4v) is 2.47. The van der Waals surface area contributed by atoms with Crippen LogP contribution in [0.25, 0.3) is 0 Å². The largest absolute Gasteiger partial charge is 0.364 e. The van der Waals surface area contributed by atoms with Crippen molar-refractivity contribution in [3.8, 4) is 0 Å². The Labute approximate surface area is 146 Å². The molecule has 5 nitrogen and oxygen atoms in total. The lowest BCUT2D eigenvalue weighted by Gasteiger charge is -2.20. The van der Waals surface area contributed by atoms with Crippen molar-refractivity contribution in [3.63, 3.8) is 0 Å². The molecule has 0 atom stereocenters. The summed E-state index contributed by atoms with van der Waals surface area (Å²) >= 11 is 0. The van der Waals surface area contributed by atoms with E-state index in [1.165, 1.54) is 11.6 Å². The van der Waals surface area contributed by atoms with E-state index in [9.17, 15) is 4.39 Å². The maximum atomic E-state index is 13.7. The van der Waals surface area contributed by atoms with E-state index in [4.69, 9.17) is 0 Å². The number of nitrogens with one attached hydrogen (secondary N) is 1. The van der Waals surface area contributed by atoms with Crippen LogP contribution >= 0.6 is 0 Å². The first-order valence-electron chi connectivity index (χ1n) is 8.22. The number of hydrogen-bond acceptors (Lipinski definition) is 5. The summed E-state index contributed by atoms with van der Waals surface area (Å²) in [6, 6.07) is 16.8. The van der Waals surface area contributed by atoms with Crippen molar-refractivity contribution in [2.75, 3.05) is 16.8 Å². The van der Waals surface area contributed by atoms with E-state index in [1.807, 2.05) is 36.1 Å². The topological polar surface area (TPSA) is 53.9 Å². The lowest BCUT2D eigenvalue weighted by Crippen LogP contribution is -2.25. The fraction of sp³-hybridized carbons (Fsp3) is 0.211. The second-order valence-electron chi connectivity index (χ2n) is 5.59. The standard InChI is InChI=1S/C19H20FN5/c1-2-25(14-15-8-4-3-5-9-15)19-23-18(13-22-24-19)21-12-16-10-6-7-11-17(16)20/h3-11,13H,2,12,14H2,1H3,(H,21,23,24). The van der Waals surface area contributed by atoms with E-state index in [0.29, 0.717) is 30.4 Å². The molecular formula is C19H20FN5. The Kier molecular flexibility index (Phi) is 5.51. The Morgan fingerprint density at radius 2 is 1.80 bits per heavy atom. The molecule has 0 aliphatic rings. The molecule has 3 aromatic rings. The first-order chi connectivity index (χ1) is 12.3. The summed E-state index contributed by atoms with van der Waals surface area (Å²) in [5.74, 6) is 0.876. The van der Waals surface area contributed by atoms with Crippen LogP contribution in [0.1, 0.15) is 18.1 Å². The van der Waals surface area contributed by atoms with Crippen LogP contribution in [-0.2, 0) is 13.1 Å². The Morgan fingerprint density at radius 1 is 1.04 bits per heavy atom. The molecule has 1 aromatic heterocycles. The molecule has 0 radical (unpaired) electrons. The molecule has 0 bridgehead atoms. The highest BCUT2D eigenvalue weighted by molar-refractivity contribution is 5.40. The average molecular weight is 337 g/mol. The zero-order chi connectivity index (χ0) is 17.5. The third-order valence-electron chi connectivity index (χ3n) is 3.85. The van der Waals surface area contributed by atoms with Crippen LogP contribution in [0.3, 0.4) is 0 Å². The van der Waals surface area contributed by atoms with Crippen molar-refractivity contribution < 1.29 is 4.39 Å². The molecule has 1 N–H and O–H groups in total. The minimum Gasteiger partial charge on any atom is -0.364 e. The molecule has 0 saturated carbocycles. The van der Waals surface area contributed by atoms with E-state index >= 15 is 0 Å². The van der Waals surface area contributed by atoms with Crippen LogP contribution in [-0.4, -0.2) is 21.7 Å². The number of hydrogen-bond donors (Lipinski definition) is 1. The molecule has 128 valence electrons. The number of halogens is 1. The van der Waals surface area contributed by atoms with Crippen molar-refractivity contribution in [2.24, 2.45) is 0 Å². The molecule has 6 heteroatoms. The summed E-state index contributed by atoms with van der Waals surface area (Å²) in [4.78, 5) is 6.54. The van der Waals surface area contributed by atoms with Crippen molar-refractivity contribution in [1.29, 1.82) is 0 Å².